The van der Waals surface area contributed by atoms with Gasteiger partial charge >= 0.3 is 5.97 Å². The molecular weight excluding hydrogens is 290 g/mol. The molecule has 2 N–H and O–H groups in total. The van der Waals surface area contributed by atoms with Crippen LogP contribution in [0.2, 0.25) is 0 Å². The van der Waals surface area contributed by atoms with E-state index < -0.39 is 32.5 Å². The van der Waals surface area contributed by atoms with Crippen LogP contribution in [0.3, 0.4) is 0 Å². The fraction of sp³-hybridized carbons (Fsp3) is 0.533. The highest BCUT2D eigenvalue weighted by molar-refractivity contribution is 7.92. The molecule has 0 radical (unpaired) electrons. The minimum absolute atomic E-state index is 0.0433. The van der Waals surface area contributed by atoms with E-state index in [-0.39, 0.29) is 12.4 Å². The van der Waals surface area contributed by atoms with Gasteiger partial charge in [0.1, 0.15) is 5.54 Å². The highest BCUT2D eigenvalue weighted by atomic mass is 32.2. The molecule has 3 atom stereocenters. The molecule has 0 spiro atoms. The maximum Gasteiger partial charge on any atom is 0.328 e. The second-order valence-corrected chi connectivity index (χ2v) is 7.82. The number of sulfone groups is 1. The third kappa shape index (κ3) is 2.58. The zero-order chi connectivity index (χ0) is 15.8. The van der Waals surface area contributed by atoms with Gasteiger partial charge in [-0.15, -0.1) is 0 Å². The molecule has 1 aromatic rings. The quantitative estimate of drug-likeness (QED) is 0.825. The summed E-state index contributed by atoms with van der Waals surface area (Å²) < 4.78 is 29.5. The van der Waals surface area contributed by atoms with E-state index in [0.29, 0.717) is 0 Å². The van der Waals surface area contributed by atoms with Crippen LogP contribution in [0.1, 0.15) is 30.9 Å². The Labute approximate surface area is 125 Å². The van der Waals surface area contributed by atoms with Gasteiger partial charge in [-0.2, -0.15) is 0 Å². The number of rotatable bonds is 5. The monoisotopic (exact) mass is 311 g/mol. The van der Waals surface area contributed by atoms with E-state index in [0.717, 1.165) is 11.1 Å². The normalized spacial score (nSPS) is 28.2. The van der Waals surface area contributed by atoms with Gasteiger partial charge in [0.2, 0.25) is 0 Å². The molecule has 0 aromatic heterocycles. The minimum Gasteiger partial charge on any atom is -0.465 e. The van der Waals surface area contributed by atoms with Crippen molar-refractivity contribution in [3.8, 4) is 0 Å². The molecule has 0 saturated heterocycles. The SMILES string of the molecule is CCOC(=O)[C@@]1(N)[C@H](S(=O)(=O)CC)[C@@H]1c1ccc(C)cc1. The molecule has 116 valence electrons. The van der Waals surface area contributed by atoms with E-state index in [1.54, 1.807) is 13.8 Å². The predicted octanol–water partition coefficient (Wildman–Crippen LogP) is 1.16. The van der Waals surface area contributed by atoms with Gasteiger partial charge in [0.15, 0.2) is 9.84 Å². The largest absolute Gasteiger partial charge is 0.465 e. The molecule has 5 nitrogen and oxygen atoms in total. The fourth-order valence-corrected chi connectivity index (χ4v) is 4.70. The van der Waals surface area contributed by atoms with Crippen molar-refractivity contribution in [3.63, 3.8) is 0 Å². The Hall–Kier alpha value is -1.40. The van der Waals surface area contributed by atoms with Crippen molar-refractivity contribution in [1.29, 1.82) is 0 Å². The van der Waals surface area contributed by atoms with E-state index in [9.17, 15) is 13.2 Å². The van der Waals surface area contributed by atoms with E-state index in [1.165, 1.54) is 0 Å². The first-order chi connectivity index (χ1) is 9.79. The van der Waals surface area contributed by atoms with Crippen LogP contribution in [0, 0.1) is 6.92 Å². The van der Waals surface area contributed by atoms with Crippen LogP contribution >= 0.6 is 0 Å². The Kier molecular flexibility index (Phi) is 4.13. The average Bonchev–Trinajstić information content (AvgIpc) is 3.09. The lowest BCUT2D eigenvalue weighted by Crippen LogP contribution is -2.41. The Morgan fingerprint density at radius 1 is 1.29 bits per heavy atom. The summed E-state index contributed by atoms with van der Waals surface area (Å²) in [4.78, 5) is 12.1. The van der Waals surface area contributed by atoms with E-state index >= 15 is 0 Å². The fourth-order valence-electron chi connectivity index (χ4n) is 2.78. The van der Waals surface area contributed by atoms with Gasteiger partial charge < -0.3 is 10.5 Å². The molecule has 0 unspecified atom stereocenters. The summed E-state index contributed by atoms with van der Waals surface area (Å²) in [5.74, 6) is -1.22. The number of hydrogen-bond acceptors (Lipinski definition) is 5. The summed E-state index contributed by atoms with van der Waals surface area (Å²) in [6.07, 6.45) is 0. The Morgan fingerprint density at radius 3 is 2.33 bits per heavy atom. The third-order valence-corrected chi connectivity index (χ3v) is 6.27. The van der Waals surface area contributed by atoms with Crippen LogP contribution in [-0.2, 0) is 19.4 Å². The summed E-state index contributed by atoms with van der Waals surface area (Å²) in [5, 5.41) is -0.906. The van der Waals surface area contributed by atoms with E-state index in [1.807, 2.05) is 31.2 Å². The zero-order valence-corrected chi connectivity index (χ0v) is 13.3. The highest BCUT2D eigenvalue weighted by Crippen LogP contribution is 2.55. The van der Waals surface area contributed by atoms with Gasteiger partial charge in [0.05, 0.1) is 11.9 Å². The molecule has 2 rings (SSSR count). The van der Waals surface area contributed by atoms with Gasteiger partial charge in [-0.05, 0) is 19.4 Å². The summed E-state index contributed by atoms with van der Waals surface area (Å²) in [5.41, 5.74) is 6.50. The van der Waals surface area contributed by atoms with Crippen LogP contribution in [-0.4, -0.2) is 37.5 Å². The van der Waals surface area contributed by atoms with Gasteiger partial charge in [-0.25, -0.2) is 13.2 Å². The number of ether oxygens (including phenoxy) is 1. The first-order valence-corrected chi connectivity index (χ1v) is 8.74. The first-order valence-electron chi connectivity index (χ1n) is 7.03. The lowest BCUT2D eigenvalue weighted by molar-refractivity contribution is -0.145. The molecule has 1 fully saturated rings. The van der Waals surface area contributed by atoms with Gasteiger partial charge in [0.25, 0.3) is 0 Å². The van der Waals surface area contributed by atoms with Crippen molar-refractivity contribution in [1.82, 2.24) is 0 Å². The molecule has 1 saturated carbocycles. The molecule has 6 heteroatoms. The number of carbonyl (C=O) groups excluding carboxylic acids is 1. The van der Waals surface area contributed by atoms with Crippen molar-refractivity contribution < 1.29 is 17.9 Å². The van der Waals surface area contributed by atoms with E-state index in [2.05, 4.69) is 0 Å². The lowest BCUT2D eigenvalue weighted by Gasteiger charge is -2.11. The summed E-state index contributed by atoms with van der Waals surface area (Å²) in [6, 6.07) is 7.42. The topological polar surface area (TPSA) is 86.5 Å². The molecule has 1 aliphatic rings. The predicted molar refractivity (Wildman–Crippen MR) is 80.7 cm³/mol. The summed E-state index contributed by atoms with van der Waals surface area (Å²) in [6.45, 7) is 5.36. The maximum atomic E-state index is 12.2. The Morgan fingerprint density at radius 2 is 1.86 bits per heavy atom. The molecule has 21 heavy (non-hydrogen) atoms. The molecular formula is C15H21NO4S. The van der Waals surface area contributed by atoms with Crippen LogP contribution in [0.15, 0.2) is 24.3 Å². The zero-order valence-electron chi connectivity index (χ0n) is 12.5. The maximum absolute atomic E-state index is 12.2. The number of carbonyl (C=O) groups is 1. The number of benzene rings is 1. The summed E-state index contributed by atoms with van der Waals surface area (Å²) >= 11 is 0. The van der Waals surface area contributed by atoms with Crippen molar-refractivity contribution in [3.05, 3.63) is 35.4 Å². The second-order valence-electron chi connectivity index (χ2n) is 5.41. The molecule has 1 aromatic carbocycles. The number of aryl methyl sites for hydroxylation is 1. The van der Waals surface area contributed by atoms with E-state index in [4.69, 9.17) is 10.5 Å². The van der Waals surface area contributed by atoms with Gasteiger partial charge in [0, 0.05) is 11.7 Å². The second kappa shape index (κ2) is 5.42. The number of nitrogens with two attached hydrogens (primary N) is 1. The van der Waals surface area contributed by atoms with Gasteiger partial charge in [-0.3, -0.25) is 0 Å². The molecule has 0 amide bonds. The smallest absolute Gasteiger partial charge is 0.328 e. The standard InChI is InChI=1S/C15H21NO4S/c1-4-20-14(17)15(16)12(13(15)21(18,19)5-2)11-8-6-10(3)7-9-11/h6-9,12-13H,4-5,16H2,1-3H3/t12-,13+,15-/m0/s1. The van der Waals surface area contributed by atoms with Crippen molar-refractivity contribution in [2.45, 2.75) is 37.5 Å². The number of esters is 1. The highest BCUT2D eigenvalue weighted by Gasteiger charge is 2.74. The van der Waals surface area contributed by atoms with Crippen molar-refractivity contribution in [2.24, 2.45) is 5.73 Å². The lowest BCUT2D eigenvalue weighted by atomic mass is 10.1. The van der Waals surface area contributed by atoms with Crippen LogP contribution in [0.5, 0.6) is 0 Å². The Bertz CT molecular complexity index is 638. The molecule has 0 heterocycles. The van der Waals surface area contributed by atoms with Crippen molar-refractivity contribution in [2.75, 3.05) is 12.4 Å². The Balaban J connectivity index is 2.42. The summed E-state index contributed by atoms with van der Waals surface area (Å²) in [7, 11) is -3.43. The third-order valence-electron chi connectivity index (χ3n) is 4.03. The first kappa shape index (κ1) is 16.0. The van der Waals surface area contributed by atoms with Crippen LogP contribution in [0.25, 0.3) is 0 Å². The number of hydrogen-bond donors (Lipinski definition) is 1. The molecule has 0 bridgehead atoms. The van der Waals surface area contributed by atoms with Gasteiger partial charge in [-0.1, -0.05) is 36.8 Å². The minimum atomic E-state index is -3.43. The average molecular weight is 311 g/mol. The van der Waals surface area contributed by atoms with Crippen LogP contribution in [0.4, 0.5) is 0 Å². The molecule has 1 aliphatic carbocycles. The van der Waals surface area contributed by atoms with Crippen molar-refractivity contribution >= 4 is 15.8 Å². The van der Waals surface area contributed by atoms with Crippen LogP contribution < -0.4 is 5.73 Å². The molecule has 0 aliphatic heterocycles.